The number of hydrogen-bond acceptors (Lipinski definition) is 5. The van der Waals surface area contributed by atoms with Crippen LogP contribution in [0.4, 0.5) is 0 Å². The van der Waals surface area contributed by atoms with Gasteiger partial charge in [-0.1, -0.05) is 0 Å². The molecule has 0 bridgehead atoms. The highest BCUT2D eigenvalue weighted by Gasteiger charge is 2.14. The van der Waals surface area contributed by atoms with Crippen molar-refractivity contribution in [3.63, 3.8) is 0 Å². The standard InChI is InChI=1S/C16H19NO5/c1-20-12-3-4-13(15(9-12)21-2)16(19)17-7-5-14(18)11-6-8-22-10-11/h3-4,6,8-10,14,18H,5,7H2,1-2H3,(H,17,19). The molecule has 1 aromatic carbocycles. The third-order valence-electron chi connectivity index (χ3n) is 3.28. The van der Waals surface area contributed by atoms with Crippen molar-refractivity contribution >= 4 is 5.91 Å². The molecule has 0 radical (unpaired) electrons. The Bertz CT molecular complexity index is 609. The maximum absolute atomic E-state index is 12.2. The van der Waals surface area contributed by atoms with E-state index in [2.05, 4.69) is 5.32 Å². The molecule has 6 nitrogen and oxygen atoms in total. The Kier molecular flexibility index (Phi) is 5.43. The van der Waals surface area contributed by atoms with Crippen molar-refractivity contribution in [2.24, 2.45) is 0 Å². The van der Waals surface area contributed by atoms with Crippen LogP contribution in [0.2, 0.25) is 0 Å². The van der Waals surface area contributed by atoms with Gasteiger partial charge < -0.3 is 24.3 Å². The summed E-state index contributed by atoms with van der Waals surface area (Å²) in [6, 6.07) is 6.67. The Morgan fingerprint density at radius 2 is 2.14 bits per heavy atom. The highest BCUT2D eigenvalue weighted by atomic mass is 16.5. The minimum absolute atomic E-state index is 0.265. The number of methoxy groups -OCH3 is 2. The lowest BCUT2D eigenvalue weighted by Crippen LogP contribution is -2.26. The van der Waals surface area contributed by atoms with Crippen molar-refractivity contribution in [1.82, 2.24) is 5.32 Å². The first-order valence-corrected chi connectivity index (χ1v) is 6.86. The van der Waals surface area contributed by atoms with E-state index in [-0.39, 0.29) is 5.91 Å². The van der Waals surface area contributed by atoms with E-state index in [1.807, 2.05) is 0 Å². The van der Waals surface area contributed by atoms with Gasteiger partial charge in [-0.2, -0.15) is 0 Å². The van der Waals surface area contributed by atoms with Gasteiger partial charge in [0.1, 0.15) is 11.5 Å². The van der Waals surface area contributed by atoms with Gasteiger partial charge in [0.05, 0.1) is 38.4 Å². The van der Waals surface area contributed by atoms with Gasteiger partial charge >= 0.3 is 0 Å². The number of amides is 1. The third kappa shape index (κ3) is 3.79. The average molecular weight is 305 g/mol. The molecule has 0 aliphatic carbocycles. The number of rotatable bonds is 7. The van der Waals surface area contributed by atoms with Gasteiger partial charge in [-0.15, -0.1) is 0 Å². The van der Waals surface area contributed by atoms with Crippen molar-refractivity contribution in [3.8, 4) is 11.5 Å². The molecule has 2 aromatic rings. The van der Waals surface area contributed by atoms with E-state index in [0.717, 1.165) is 0 Å². The summed E-state index contributed by atoms with van der Waals surface area (Å²) >= 11 is 0. The number of hydrogen-bond donors (Lipinski definition) is 2. The van der Waals surface area contributed by atoms with Crippen molar-refractivity contribution in [3.05, 3.63) is 47.9 Å². The lowest BCUT2D eigenvalue weighted by molar-refractivity contribution is 0.0939. The maximum Gasteiger partial charge on any atom is 0.255 e. The zero-order valence-electron chi connectivity index (χ0n) is 12.5. The van der Waals surface area contributed by atoms with Crippen molar-refractivity contribution in [2.45, 2.75) is 12.5 Å². The lowest BCUT2D eigenvalue weighted by Gasteiger charge is -2.12. The Morgan fingerprint density at radius 3 is 2.77 bits per heavy atom. The summed E-state index contributed by atoms with van der Waals surface area (Å²) in [5.41, 5.74) is 1.11. The molecule has 0 spiro atoms. The van der Waals surface area contributed by atoms with Crippen LogP contribution in [0.1, 0.15) is 28.4 Å². The second-order valence-electron chi connectivity index (χ2n) is 4.68. The molecule has 1 aromatic heterocycles. The number of benzene rings is 1. The molecule has 1 unspecified atom stereocenters. The Morgan fingerprint density at radius 1 is 1.32 bits per heavy atom. The number of ether oxygens (including phenoxy) is 2. The quantitative estimate of drug-likeness (QED) is 0.819. The van der Waals surface area contributed by atoms with Crippen LogP contribution in [0.5, 0.6) is 11.5 Å². The zero-order chi connectivity index (χ0) is 15.9. The van der Waals surface area contributed by atoms with Gasteiger partial charge in [0, 0.05) is 18.2 Å². The first-order valence-electron chi connectivity index (χ1n) is 6.86. The molecule has 2 rings (SSSR count). The predicted octanol–water partition coefficient (Wildman–Crippen LogP) is 2.15. The van der Waals surface area contributed by atoms with Crippen LogP contribution >= 0.6 is 0 Å². The first-order chi connectivity index (χ1) is 10.7. The fourth-order valence-electron chi connectivity index (χ4n) is 2.04. The molecule has 118 valence electrons. The highest BCUT2D eigenvalue weighted by Crippen LogP contribution is 2.24. The number of aliphatic hydroxyl groups excluding tert-OH is 1. The minimum Gasteiger partial charge on any atom is -0.497 e. The number of carbonyl (C=O) groups excluding carboxylic acids is 1. The van der Waals surface area contributed by atoms with Crippen LogP contribution in [-0.2, 0) is 0 Å². The van der Waals surface area contributed by atoms with Crippen molar-refractivity contribution in [2.75, 3.05) is 20.8 Å². The Balaban J connectivity index is 1.92. The number of aliphatic hydroxyl groups is 1. The second-order valence-corrected chi connectivity index (χ2v) is 4.68. The summed E-state index contributed by atoms with van der Waals surface area (Å²) in [5.74, 6) is 0.787. The van der Waals surface area contributed by atoms with E-state index < -0.39 is 6.10 Å². The van der Waals surface area contributed by atoms with E-state index in [9.17, 15) is 9.90 Å². The monoisotopic (exact) mass is 305 g/mol. The van der Waals surface area contributed by atoms with E-state index in [0.29, 0.717) is 35.6 Å². The molecule has 1 atom stereocenters. The van der Waals surface area contributed by atoms with Crippen molar-refractivity contribution in [1.29, 1.82) is 0 Å². The Labute approximate surface area is 128 Å². The van der Waals surface area contributed by atoms with E-state index in [4.69, 9.17) is 13.9 Å². The Hall–Kier alpha value is -2.47. The largest absolute Gasteiger partial charge is 0.497 e. The SMILES string of the molecule is COc1ccc(C(=O)NCCC(O)c2ccoc2)c(OC)c1. The van der Waals surface area contributed by atoms with Gasteiger partial charge in [-0.05, 0) is 24.6 Å². The van der Waals surface area contributed by atoms with Gasteiger partial charge in [0.15, 0.2) is 0 Å². The molecular formula is C16H19NO5. The minimum atomic E-state index is -0.670. The summed E-state index contributed by atoms with van der Waals surface area (Å²) in [4.78, 5) is 12.2. The van der Waals surface area contributed by atoms with E-state index in [1.54, 1.807) is 31.4 Å². The molecule has 0 fully saturated rings. The maximum atomic E-state index is 12.2. The van der Waals surface area contributed by atoms with Crippen LogP contribution in [0.15, 0.2) is 41.2 Å². The fourth-order valence-corrected chi connectivity index (χ4v) is 2.04. The van der Waals surface area contributed by atoms with Crippen LogP contribution < -0.4 is 14.8 Å². The highest BCUT2D eigenvalue weighted by molar-refractivity contribution is 5.97. The van der Waals surface area contributed by atoms with E-state index >= 15 is 0 Å². The topological polar surface area (TPSA) is 80.9 Å². The summed E-state index contributed by atoms with van der Waals surface area (Å²) < 4.78 is 15.2. The van der Waals surface area contributed by atoms with E-state index in [1.165, 1.54) is 19.6 Å². The fraction of sp³-hybridized carbons (Fsp3) is 0.312. The molecule has 0 aliphatic rings. The van der Waals surface area contributed by atoms with Crippen LogP contribution in [0, 0.1) is 0 Å². The third-order valence-corrected chi connectivity index (χ3v) is 3.28. The summed E-state index contributed by atoms with van der Waals surface area (Å²) in [6.45, 7) is 0.334. The van der Waals surface area contributed by atoms with Crippen LogP contribution in [-0.4, -0.2) is 31.8 Å². The van der Waals surface area contributed by atoms with Gasteiger partial charge in [-0.25, -0.2) is 0 Å². The molecule has 0 saturated heterocycles. The van der Waals surface area contributed by atoms with Gasteiger partial charge in [0.2, 0.25) is 0 Å². The zero-order valence-corrected chi connectivity index (χ0v) is 12.5. The number of nitrogens with one attached hydrogen (secondary N) is 1. The number of carbonyl (C=O) groups is 1. The lowest BCUT2D eigenvalue weighted by atomic mass is 10.1. The predicted molar refractivity (Wildman–Crippen MR) is 80.2 cm³/mol. The first kappa shape index (κ1) is 15.9. The summed E-state index contributed by atoms with van der Waals surface area (Å²) in [6.07, 6.45) is 2.71. The van der Waals surface area contributed by atoms with Gasteiger partial charge in [-0.3, -0.25) is 4.79 Å². The number of furan rings is 1. The van der Waals surface area contributed by atoms with Gasteiger partial charge in [0.25, 0.3) is 5.91 Å². The molecule has 0 aliphatic heterocycles. The average Bonchev–Trinajstić information content (AvgIpc) is 3.08. The second kappa shape index (κ2) is 7.51. The molecule has 22 heavy (non-hydrogen) atoms. The molecule has 1 heterocycles. The summed E-state index contributed by atoms with van der Waals surface area (Å²) in [7, 11) is 3.04. The molecule has 2 N–H and O–H groups in total. The molecule has 1 amide bonds. The van der Waals surface area contributed by atoms with Crippen molar-refractivity contribution < 1.29 is 23.8 Å². The van der Waals surface area contributed by atoms with Crippen LogP contribution in [0.25, 0.3) is 0 Å². The summed E-state index contributed by atoms with van der Waals surface area (Å²) in [5, 5.41) is 12.7. The molecular weight excluding hydrogens is 286 g/mol. The normalized spacial score (nSPS) is 11.8. The molecule has 6 heteroatoms. The molecule has 0 saturated carbocycles. The van der Waals surface area contributed by atoms with Crippen LogP contribution in [0.3, 0.4) is 0 Å². The smallest absolute Gasteiger partial charge is 0.255 e.